The van der Waals surface area contributed by atoms with Crippen molar-refractivity contribution in [2.45, 2.75) is 64.4 Å². The molecular weight excluding hydrogens is 278 g/mol. The Hall–Kier alpha value is -0.540. The van der Waals surface area contributed by atoms with Gasteiger partial charge in [-0.15, -0.1) is 11.8 Å². The molecule has 1 fully saturated rings. The monoisotopic (exact) mass is 308 g/mol. The average Bonchev–Trinajstić information content (AvgIpc) is 2.55. The zero-order chi connectivity index (χ0) is 14.9. The first-order valence-corrected chi connectivity index (χ1v) is 9.60. The number of rotatable bonds is 8. The van der Waals surface area contributed by atoms with E-state index in [2.05, 4.69) is 42.9 Å². The van der Waals surface area contributed by atoms with E-state index in [0.29, 0.717) is 0 Å². The molecule has 21 heavy (non-hydrogen) atoms. The van der Waals surface area contributed by atoms with Gasteiger partial charge in [0.2, 0.25) is 0 Å². The van der Waals surface area contributed by atoms with Crippen LogP contribution in [0.1, 0.15) is 63.4 Å². The molecule has 0 bridgehead atoms. The van der Waals surface area contributed by atoms with Gasteiger partial charge in [-0.2, -0.15) is 0 Å². The van der Waals surface area contributed by atoms with E-state index in [1.54, 1.807) is 0 Å². The Morgan fingerprint density at radius 3 is 2.52 bits per heavy atom. The van der Waals surface area contributed by atoms with Gasteiger partial charge in [-0.3, -0.25) is 0 Å². The summed E-state index contributed by atoms with van der Waals surface area (Å²) in [5, 5.41) is 0. The molecule has 2 unspecified atom stereocenters. The van der Waals surface area contributed by atoms with E-state index in [1.807, 2.05) is 11.8 Å². The first-order chi connectivity index (χ1) is 10.3. The Balaban J connectivity index is 1.67. The molecule has 0 N–H and O–H groups in total. The second kappa shape index (κ2) is 9.47. The van der Waals surface area contributed by atoms with E-state index < -0.39 is 0 Å². The maximum atomic E-state index is 6.08. The van der Waals surface area contributed by atoms with E-state index in [4.69, 9.17) is 4.74 Å². The van der Waals surface area contributed by atoms with Gasteiger partial charge in [0.15, 0.2) is 12.4 Å². The SMILES string of the molecule is CCCCCCCC1COC(c2cc[n+](CC)cc2)SC1. The van der Waals surface area contributed by atoms with Gasteiger partial charge >= 0.3 is 0 Å². The Morgan fingerprint density at radius 1 is 1.14 bits per heavy atom. The molecule has 0 aliphatic carbocycles. The van der Waals surface area contributed by atoms with Gasteiger partial charge in [0.1, 0.15) is 12.0 Å². The first kappa shape index (κ1) is 16.8. The van der Waals surface area contributed by atoms with Gasteiger partial charge in [0.25, 0.3) is 0 Å². The Kier molecular flexibility index (Phi) is 7.59. The van der Waals surface area contributed by atoms with Crippen LogP contribution >= 0.6 is 11.8 Å². The minimum Gasteiger partial charge on any atom is -0.362 e. The summed E-state index contributed by atoms with van der Waals surface area (Å²) in [5.41, 5.74) is 1.55. The molecule has 2 nitrogen and oxygen atoms in total. The lowest BCUT2D eigenvalue weighted by Gasteiger charge is -2.28. The van der Waals surface area contributed by atoms with Crippen LogP contribution in [0.4, 0.5) is 0 Å². The molecule has 0 radical (unpaired) electrons. The lowest BCUT2D eigenvalue weighted by atomic mass is 10.0. The number of aryl methyl sites for hydroxylation is 1. The molecule has 2 atom stereocenters. The zero-order valence-corrected chi connectivity index (χ0v) is 14.4. The predicted octanol–water partition coefficient (Wildman–Crippen LogP) is 4.73. The van der Waals surface area contributed by atoms with Crippen LogP contribution in [0.3, 0.4) is 0 Å². The summed E-state index contributed by atoms with van der Waals surface area (Å²) in [5.74, 6) is 2.01. The number of hydrogen-bond acceptors (Lipinski definition) is 2. The lowest BCUT2D eigenvalue weighted by Crippen LogP contribution is -2.31. The van der Waals surface area contributed by atoms with E-state index in [0.717, 1.165) is 19.1 Å². The molecular formula is C18H30NOS+. The summed E-state index contributed by atoms with van der Waals surface area (Å²) in [6.07, 6.45) is 12.5. The van der Waals surface area contributed by atoms with Crippen molar-refractivity contribution in [1.82, 2.24) is 0 Å². The highest BCUT2D eigenvalue weighted by molar-refractivity contribution is 7.99. The molecule has 118 valence electrons. The number of thioether (sulfide) groups is 1. The summed E-state index contributed by atoms with van der Waals surface area (Å²) >= 11 is 1.97. The Morgan fingerprint density at radius 2 is 1.90 bits per heavy atom. The quantitative estimate of drug-likeness (QED) is 0.508. The van der Waals surface area contributed by atoms with Crippen molar-refractivity contribution in [1.29, 1.82) is 0 Å². The van der Waals surface area contributed by atoms with E-state index in [-0.39, 0.29) is 5.44 Å². The predicted molar refractivity (Wildman–Crippen MR) is 90.3 cm³/mol. The minimum atomic E-state index is 0.243. The van der Waals surface area contributed by atoms with Crippen LogP contribution in [0.2, 0.25) is 0 Å². The summed E-state index contributed by atoms with van der Waals surface area (Å²) in [6, 6.07) is 4.40. The van der Waals surface area contributed by atoms with Crippen LogP contribution in [0, 0.1) is 5.92 Å². The number of aromatic nitrogens is 1. The van der Waals surface area contributed by atoms with Crippen molar-refractivity contribution in [3.8, 4) is 0 Å². The van der Waals surface area contributed by atoms with Gasteiger partial charge in [-0.1, -0.05) is 39.0 Å². The van der Waals surface area contributed by atoms with E-state index in [9.17, 15) is 0 Å². The molecule has 2 rings (SSSR count). The Labute approximate surface area is 134 Å². The summed E-state index contributed by atoms with van der Waals surface area (Å²) in [4.78, 5) is 0. The molecule has 0 spiro atoms. The van der Waals surface area contributed by atoms with Gasteiger partial charge in [0.05, 0.1) is 6.61 Å². The van der Waals surface area contributed by atoms with Gasteiger partial charge in [-0.25, -0.2) is 4.57 Å². The molecule has 0 aromatic carbocycles. The van der Waals surface area contributed by atoms with Crippen molar-refractivity contribution in [3.05, 3.63) is 30.1 Å². The lowest BCUT2D eigenvalue weighted by molar-refractivity contribution is -0.693. The van der Waals surface area contributed by atoms with Crippen molar-refractivity contribution in [3.63, 3.8) is 0 Å². The molecule has 1 aromatic rings. The third-order valence-electron chi connectivity index (χ3n) is 4.24. The Bertz CT molecular complexity index is 385. The number of ether oxygens (including phenoxy) is 1. The fourth-order valence-electron chi connectivity index (χ4n) is 2.78. The number of unbranched alkanes of at least 4 members (excludes halogenated alkanes) is 4. The first-order valence-electron chi connectivity index (χ1n) is 8.55. The maximum Gasteiger partial charge on any atom is 0.169 e. The summed E-state index contributed by atoms with van der Waals surface area (Å²) < 4.78 is 8.27. The van der Waals surface area contributed by atoms with Crippen LogP contribution in [0.25, 0.3) is 0 Å². The van der Waals surface area contributed by atoms with E-state index >= 15 is 0 Å². The highest BCUT2D eigenvalue weighted by Crippen LogP contribution is 2.37. The third-order valence-corrected chi connectivity index (χ3v) is 5.61. The third kappa shape index (κ3) is 5.63. The van der Waals surface area contributed by atoms with Crippen molar-refractivity contribution in [2.75, 3.05) is 12.4 Å². The van der Waals surface area contributed by atoms with Gasteiger partial charge < -0.3 is 4.74 Å². The number of nitrogens with zero attached hydrogens (tertiary/aromatic N) is 1. The molecule has 1 aromatic heterocycles. The van der Waals surface area contributed by atoms with Crippen molar-refractivity contribution in [2.24, 2.45) is 5.92 Å². The van der Waals surface area contributed by atoms with Crippen LogP contribution < -0.4 is 4.57 Å². The average molecular weight is 309 g/mol. The molecule has 0 saturated carbocycles. The van der Waals surface area contributed by atoms with Crippen LogP contribution in [0.15, 0.2) is 24.5 Å². The van der Waals surface area contributed by atoms with Gasteiger partial charge in [0, 0.05) is 23.4 Å². The van der Waals surface area contributed by atoms with Crippen LogP contribution in [0.5, 0.6) is 0 Å². The highest BCUT2D eigenvalue weighted by Gasteiger charge is 2.23. The zero-order valence-electron chi connectivity index (χ0n) is 13.6. The topological polar surface area (TPSA) is 13.1 Å². The van der Waals surface area contributed by atoms with Crippen molar-refractivity contribution >= 4 is 11.8 Å². The fourth-order valence-corrected chi connectivity index (χ4v) is 4.01. The molecule has 2 heterocycles. The smallest absolute Gasteiger partial charge is 0.169 e. The van der Waals surface area contributed by atoms with E-state index in [1.165, 1.54) is 49.8 Å². The van der Waals surface area contributed by atoms with Crippen molar-refractivity contribution < 1.29 is 9.30 Å². The highest BCUT2D eigenvalue weighted by atomic mass is 32.2. The largest absolute Gasteiger partial charge is 0.362 e. The molecule has 3 heteroatoms. The molecule has 1 aliphatic rings. The van der Waals surface area contributed by atoms with Gasteiger partial charge in [-0.05, 0) is 19.3 Å². The minimum absolute atomic E-state index is 0.243. The normalized spacial score (nSPS) is 22.4. The van der Waals surface area contributed by atoms with Crippen LogP contribution in [-0.2, 0) is 11.3 Å². The number of hydrogen-bond donors (Lipinski definition) is 0. The molecule has 0 amide bonds. The molecule has 1 aliphatic heterocycles. The fraction of sp³-hybridized carbons (Fsp3) is 0.722. The standard InChI is InChI=1S/C18H30NOS/c1-3-5-6-7-8-9-16-14-20-18(21-15-16)17-10-12-19(4-2)13-11-17/h10-13,16,18H,3-9,14-15H2,1-2H3/q+1. The number of pyridine rings is 1. The summed E-state index contributed by atoms with van der Waals surface area (Å²) in [6.45, 7) is 6.40. The maximum absolute atomic E-state index is 6.08. The summed E-state index contributed by atoms with van der Waals surface area (Å²) in [7, 11) is 0. The molecule has 1 saturated heterocycles. The second-order valence-electron chi connectivity index (χ2n) is 6.03. The second-order valence-corrected chi connectivity index (χ2v) is 7.12. The van der Waals surface area contributed by atoms with Crippen LogP contribution in [-0.4, -0.2) is 12.4 Å².